The summed E-state index contributed by atoms with van der Waals surface area (Å²) in [5, 5.41) is 9.02. The first-order chi connectivity index (χ1) is 7.32. The van der Waals surface area contributed by atoms with Gasteiger partial charge in [0.05, 0.1) is 11.5 Å². The SMILES string of the molecule is C=CCC1(C#N)CN(C(=O)OC(C)(C)C)C1. The predicted molar refractivity (Wildman–Crippen MR) is 60.7 cm³/mol. The molecule has 1 amide bonds. The summed E-state index contributed by atoms with van der Waals surface area (Å²) >= 11 is 0. The van der Waals surface area contributed by atoms with Gasteiger partial charge in [-0.05, 0) is 27.2 Å². The summed E-state index contributed by atoms with van der Waals surface area (Å²) in [4.78, 5) is 13.2. The number of nitrogens with zero attached hydrogens (tertiary/aromatic N) is 2. The van der Waals surface area contributed by atoms with Crippen molar-refractivity contribution >= 4 is 6.09 Å². The molecule has 1 heterocycles. The van der Waals surface area contributed by atoms with Gasteiger partial charge in [0.1, 0.15) is 5.60 Å². The van der Waals surface area contributed by atoms with Crippen molar-refractivity contribution in [3.63, 3.8) is 0 Å². The van der Waals surface area contributed by atoms with Crippen molar-refractivity contribution in [2.45, 2.75) is 32.8 Å². The minimum absolute atomic E-state index is 0.345. The second-order valence-electron chi connectivity index (χ2n) is 5.22. The average Bonchev–Trinajstić information content (AvgIpc) is 2.07. The van der Waals surface area contributed by atoms with Crippen LogP contribution in [0.4, 0.5) is 4.79 Å². The lowest BCUT2D eigenvalue weighted by Crippen LogP contribution is -2.58. The van der Waals surface area contributed by atoms with Crippen LogP contribution >= 0.6 is 0 Å². The molecular formula is C12H18N2O2. The molecular weight excluding hydrogens is 204 g/mol. The van der Waals surface area contributed by atoms with Crippen LogP contribution in [0.5, 0.6) is 0 Å². The van der Waals surface area contributed by atoms with Crippen molar-refractivity contribution in [2.75, 3.05) is 13.1 Å². The van der Waals surface area contributed by atoms with E-state index in [1.54, 1.807) is 11.0 Å². The third kappa shape index (κ3) is 2.75. The molecule has 0 aromatic carbocycles. The number of nitriles is 1. The zero-order chi connectivity index (χ0) is 12.4. The fraction of sp³-hybridized carbons (Fsp3) is 0.667. The van der Waals surface area contributed by atoms with Crippen LogP contribution in [0.15, 0.2) is 12.7 Å². The third-order valence-electron chi connectivity index (χ3n) is 2.41. The lowest BCUT2D eigenvalue weighted by atomic mass is 9.78. The summed E-state index contributed by atoms with van der Waals surface area (Å²) in [5.74, 6) is 0. The molecule has 4 nitrogen and oxygen atoms in total. The van der Waals surface area contributed by atoms with Gasteiger partial charge in [0.15, 0.2) is 0 Å². The number of carbonyl (C=O) groups is 1. The highest BCUT2D eigenvalue weighted by molar-refractivity contribution is 5.69. The van der Waals surface area contributed by atoms with E-state index in [1.807, 2.05) is 20.8 Å². The molecule has 16 heavy (non-hydrogen) atoms. The molecule has 0 aromatic heterocycles. The van der Waals surface area contributed by atoms with E-state index in [0.29, 0.717) is 19.5 Å². The summed E-state index contributed by atoms with van der Waals surface area (Å²) < 4.78 is 5.21. The fourth-order valence-corrected chi connectivity index (χ4v) is 1.66. The van der Waals surface area contributed by atoms with Crippen LogP contribution in [0, 0.1) is 16.7 Å². The average molecular weight is 222 g/mol. The van der Waals surface area contributed by atoms with Crippen LogP contribution in [0.25, 0.3) is 0 Å². The number of allylic oxidation sites excluding steroid dienone is 1. The zero-order valence-electron chi connectivity index (χ0n) is 10.1. The smallest absolute Gasteiger partial charge is 0.410 e. The first-order valence-electron chi connectivity index (χ1n) is 5.32. The highest BCUT2D eigenvalue weighted by atomic mass is 16.6. The van der Waals surface area contributed by atoms with Crippen LogP contribution in [-0.4, -0.2) is 29.7 Å². The number of carbonyl (C=O) groups excluding carboxylic acids is 1. The molecule has 1 saturated heterocycles. The van der Waals surface area contributed by atoms with Gasteiger partial charge in [0, 0.05) is 13.1 Å². The van der Waals surface area contributed by atoms with E-state index < -0.39 is 11.0 Å². The Hall–Kier alpha value is -1.50. The number of ether oxygens (including phenoxy) is 1. The predicted octanol–water partition coefficient (Wildman–Crippen LogP) is 2.32. The Kier molecular flexibility index (Phi) is 3.27. The van der Waals surface area contributed by atoms with E-state index in [0.717, 1.165) is 0 Å². The summed E-state index contributed by atoms with van der Waals surface area (Å²) in [6, 6.07) is 2.24. The molecule has 0 unspecified atom stereocenters. The second kappa shape index (κ2) is 4.17. The molecule has 0 aromatic rings. The molecule has 0 atom stereocenters. The highest BCUT2D eigenvalue weighted by Crippen LogP contribution is 2.34. The first kappa shape index (κ1) is 12.6. The Morgan fingerprint density at radius 1 is 1.62 bits per heavy atom. The maximum Gasteiger partial charge on any atom is 0.410 e. The quantitative estimate of drug-likeness (QED) is 0.674. The van der Waals surface area contributed by atoms with Crippen molar-refractivity contribution in [3.05, 3.63) is 12.7 Å². The second-order valence-corrected chi connectivity index (χ2v) is 5.22. The van der Waals surface area contributed by atoms with E-state index in [4.69, 9.17) is 10.00 Å². The Labute approximate surface area is 96.5 Å². The van der Waals surface area contributed by atoms with E-state index in [2.05, 4.69) is 12.6 Å². The van der Waals surface area contributed by atoms with Crippen LogP contribution in [0.1, 0.15) is 27.2 Å². The minimum Gasteiger partial charge on any atom is -0.444 e. The normalized spacial score (nSPS) is 18.2. The Morgan fingerprint density at radius 3 is 2.56 bits per heavy atom. The largest absolute Gasteiger partial charge is 0.444 e. The van der Waals surface area contributed by atoms with Crippen molar-refractivity contribution in [1.82, 2.24) is 4.90 Å². The Balaban J connectivity index is 2.49. The van der Waals surface area contributed by atoms with Gasteiger partial charge in [-0.2, -0.15) is 5.26 Å². The molecule has 4 heteroatoms. The maximum absolute atomic E-state index is 11.6. The van der Waals surface area contributed by atoms with Crippen molar-refractivity contribution in [3.8, 4) is 6.07 Å². The molecule has 1 aliphatic heterocycles. The van der Waals surface area contributed by atoms with Gasteiger partial charge < -0.3 is 9.64 Å². The summed E-state index contributed by atoms with van der Waals surface area (Å²) in [6.45, 7) is 9.97. The summed E-state index contributed by atoms with van der Waals surface area (Å²) in [5.41, 5.74) is -0.931. The van der Waals surface area contributed by atoms with E-state index in [9.17, 15) is 4.79 Å². The monoisotopic (exact) mass is 222 g/mol. The van der Waals surface area contributed by atoms with Gasteiger partial charge in [-0.3, -0.25) is 0 Å². The minimum atomic E-state index is -0.486. The van der Waals surface area contributed by atoms with E-state index in [-0.39, 0.29) is 6.09 Å². The molecule has 1 rings (SSSR count). The number of rotatable bonds is 2. The highest BCUT2D eigenvalue weighted by Gasteiger charge is 2.46. The fourth-order valence-electron chi connectivity index (χ4n) is 1.66. The zero-order valence-corrected chi connectivity index (χ0v) is 10.1. The van der Waals surface area contributed by atoms with Crippen molar-refractivity contribution in [1.29, 1.82) is 5.26 Å². The Morgan fingerprint density at radius 2 is 2.19 bits per heavy atom. The number of hydrogen-bond donors (Lipinski definition) is 0. The topological polar surface area (TPSA) is 53.3 Å². The number of likely N-dealkylation sites (tertiary alicyclic amines) is 1. The van der Waals surface area contributed by atoms with Gasteiger partial charge in [-0.1, -0.05) is 6.08 Å². The summed E-state index contributed by atoms with van der Waals surface area (Å²) in [7, 11) is 0. The van der Waals surface area contributed by atoms with Crippen LogP contribution in [0.3, 0.4) is 0 Å². The van der Waals surface area contributed by atoms with E-state index in [1.165, 1.54) is 0 Å². The van der Waals surface area contributed by atoms with E-state index >= 15 is 0 Å². The lowest BCUT2D eigenvalue weighted by molar-refractivity contribution is -0.0155. The molecule has 1 aliphatic rings. The van der Waals surface area contributed by atoms with Crippen LogP contribution in [-0.2, 0) is 4.74 Å². The van der Waals surface area contributed by atoms with Crippen molar-refractivity contribution in [2.24, 2.45) is 5.41 Å². The van der Waals surface area contributed by atoms with Gasteiger partial charge in [-0.25, -0.2) is 4.79 Å². The molecule has 0 aliphatic carbocycles. The molecule has 0 spiro atoms. The molecule has 0 bridgehead atoms. The maximum atomic E-state index is 11.6. The number of amides is 1. The number of hydrogen-bond acceptors (Lipinski definition) is 3. The van der Waals surface area contributed by atoms with Gasteiger partial charge in [0.25, 0.3) is 0 Å². The van der Waals surface area contributed by atoms with Gasteiger partial charge in [0.2, 0.25) is 0 Å². The molecule has 1 fully saturated rings. The van der Waals surface area contributed by atoms with Crippen LogP contribution in [0.2, 0.25) is 0 Å². The molecule has 88 valence electrons. The van der Waals surface area contributed by atoms with Crippen LogP contribution < -0.4 is 0 Å². The lowest BCUT2D eigenvalue weighted by Gasteiger charge is -2.45. The van der Waals surface area contributed by atoms with Gasteiger partial charge >= 0.3 is 6.09 Å². The van der Waals surface area contributed by atoms with Gasteiger partial charge in [-0.15, -0.1) is 6.58 Å². The van der Waals surface area contributed by atoms with Crippen molar-refractivity contribution < 1.29 is 9.53 Å². The molecule has 0 saturated carbocycles. The molecule has 0 N–H and O–H groups in total. The standard InChI is InChI=1S/C12H18N2O2/c1-5-6-12(7-13)8-14(9-12)10(15)16-11(2,3)4/h5H,1,6,8-9H2,2-4H3. The summed E-state index contributed by atoms with van der Waals surface area (Å²) in [6.07, 6.45) is 1.99. The Bertz CT molecular complexity index is 330. The first-order valence-corrected chi connectivity index (χ1v) is 5.32. The molecule has 0 radical (unpaired) electrons. The third-order valence-corrected chi connectivity index (χ3v) is 2.41.